The van der Waals surface area contributed by atoms with Gasteiger partial charge in [0, 0.05) is 56.9 Å². The smallest absolute Gasteiger partial charge is 0.248 e. The van der Waals surface area contributed by atoms with Gasteiger partial charge in [-0.2, -0.15) is 0 Å². The average Bonchev–Trinajstić information content (AvgIpc) is 3.30. The molecule has 1 unspecified atom stereocenters. The topological polar surface area (TPSA) is 65.6 Å². The van der Waals surface area contributed by atoms with E-state index in [-0.39, 0.29) is 30.2 Å². The molecule has 0 bridgehead atoms. The molecule has 1 amide bonds. The lowest BCUT2D eigenvalue weighted by atomic mass is 10.0. The third-order valence-corrected chi connectivity index (χ3v) is 8.92. The van der Waals surface area contributed by atoms with Gasteiger partial charge < -0.3 is 19.3 Å². The fourth-order valence-electron chi connectivity index (χ4n) is 4.53. The molecule has 3 rings (SSSR count). The Bertz CT molecular complexity index is 870. The minimum Gasteiger partial charge on any atom is -0.495 e. The van der Waals surface area contributed by atoms with Gasteiger partial charge in [-0.15, -0.1) is 0 Å². The van der Waals surface area contributed by atoms with Gasteiger partial charge in [0.25, 0.3) is 0 Å². The largest absolute Gasteiger partial charge is 0.495 e. The quantitative estimate of drug-likeness (QED) is 0.430. The van der Waals surface area contributed by atoms with E-state index in [2.05, 4.69) is 16.8 Å². The number of hydrogen-bond donors (Lipinski definition) is 0. The maximum Gasteiger partial charge on any atom is 0.248 e. The lowest BCUT2D eigenvalue weighted by Crippen LogP contribution is -2.45. The molecule has 34 heavy (non-hydrogen) atoms. The first-order valence-electron chi connectivity index (χ1n) is 11.6. The van der Waals surface area contributed by atoms with Gasteiger partial charge in [-0.25, -0.2) is 8.51 Å². The van der Waals surface area contributed by atoms with Crippen LogP contribution in [0, 0.1) is 0 Å². The van der Waals surface area contributed by atoms with Gasteiger partial charge in [0.2, 0.25) is 5.91 Å². The molecule has 2 aliphatic rings. The molecule has 2 saturated heterocycles. The van der Waals surface area contributed by atoms with Crippen molar-refractivity contribution in [3.05, 3.63) is 22.2 Å². The molecule has 0 radical (unpaired) electrons. The summed E-state index contributed by atoms with van der Waals surface area (Å²) >= 11 is 12.3. The number of carbonyl (C=O) groups is 1. The second kappa shape index (κ2) is 12.9. The minimum absolute atomic E-state index is 0.00667. The van der Waals surface area contributed by atoms with Gasteiger partial charge in [-0.3, -0.25) is 9.69 Å². The summed E-state index contributed by atoms with van der Waals surface area (Å²) in [4.78, 5) is 19.8. The van der Waals surface area contributed by atoms with Crippen LogP contribution >= 0.6 is 23.2 Å². The highest BCUT2D eigenvalue weighted by atomic mass is 35.5. The number of carbonyl (C=O) groups excluding carboxylic acids is 1. The standard InChI is InChI=1S/C23H36Cl2N4O4S/c1-26-8-5-18(6-9-26)29-10-7-19(15-29)28(3)22(30)16-33-12-11-27(2)34(31)23-20(25)13-17(24)14-21(23)32-4/h13-14,18-19H,5-12,15-16H2,1-4H3/t19-,34?/m1/s1. The summed E-state index contributed by atoms with van der Waals surface area (Å²) in [6.07, 6.45) is 3.40. The summed E-state index contributed by atoms with van der Waals surface area (Å²) in [5.41, 5.74) is 0. The van der Waals surface area contributed by atoms with E-state index < -0.39 is 11.0 Å². The minimum atomic E-state index is -1.56. The molecule has 0 saturated carbocycles. The zero-order valence-electron chi connectivity index (χ0n) is 20.5. The average molecular weight is 536 g/mol. The molecule has 2 atom stereocenters. The fourth-order valence-corrected chi connectivity index (χ4v) is 6.30. The highest BCUT2D eigenvalue weighted by Crippen LogP contribution is 2.34. The summed E-state index contributed by atoms with van der Waals surface area (Å²) in [5.74, 6) is 0.340. The van der Waals surface area contributed by atoms with Crippen molar-refractivity contribution in [1.82, 2.24) is 19.0 Å². The van der Waals surface area contributed by atoms with E-state index >= 15 is 0 Å². The van der Waals surface area contributed by atoms with Crippen LogP contribution in [0.5, 0.6) is 5.75 Å². The van der Waals surface area contributed by atoms with E-state index in [0.29, 0.717) is 28.3 Å². The van der Waals surface area contributed by atoms with Crippen LogP contribution in [0.25, 0.3) is 0 Å². The third kappa shape index (κ3) is 7.06. The van der Waals surface area contributed by atoms with Crippen molar-refractivity contribution >= 4 is 40.1 Å². The molecule has 0 aliphatic carbocycles. The Hall–Kier alpha value is -0.940. The number of rotatable bonds is 10. The number of nitrogens with zero attached hydrogens (tertiary/aromatic N) is 4. The zero-order chi connectivity index (χ0) is 24.8. The molecule has 2 aliphatic heterocycles. The van der Waals surface area contributed by atoms with Crippen molar-refractivity contribution in [3.8, 4) is 5.75 Å². The molecule has 0 aromatic heterocycles. The monoisotopic (exact) mass is 534 g/mol. The molecule has 1 aromatic rings. The third-order valence-electron chi connectivity index (χ3n) is 6.77. The number of likely N-dealkylation sites (N-methyl/N-ethyl adjacent to an activating group) is 2. The summed E-state index contributed by atoms with van der Waals surface area (Å²) < 4.78 is 25.4. The first-order valence-corrected chi connectivity index (χ1v) is 13.5. The van der Waals surface area contributed by atoms with Gasteiger partial charge in [0.1, 0.15) is 28.2 Å². The molecule has 8 nitrogen and oxygen atoms in total. The Morgan fingerprint density at radius 1 is 1.18 bits per heavy atom. The van der Waals surface area contributed by atoms with Crippen molar-refractivity contribution in [2.75, 3.05) is 74.2 Å². The Labute approximate surface area is 215 Å². The van der Waals surface area contributed by atoms with Crippen LogP contribution in [-0.2, 0) is 20.5 Å². The number of benzene rings is 1. The first kappa shape index (κ1) is 27.6. The van der Waals surface area contributed by atoms with Crippen molar-refractivity contribution < 1.29 is 18.5 Å². The molecule has 0 spiro atoms. The van der Waals surface area contributed by atoms with Crippen LogP contribution in [0.4, 0.5) is 0 Å². The molecule has 2 heterocycles. The number of halogens is 2. The van der Waals surface area contributed by atoms with Gasteiger partial charge in [0.15, 0.2) is 0 Å². The molecule has 1 aromatic carbocycles. The molecule has 192 valence electrons. The van der Waals surface area contributed by atoms with Gasteiger partial charge in [-0.05, 0) is 45.5 Å². The van der Waals surface area contributed by atoms with E-state index in [0.717, 1.165) is 32.6 Å². The van der Waals surface area contributed by atoms with E-state index in [1.54, 1.807) is 17.4 Å². The molecule has 11 heteroatoms. The van der Waals surface area contributed by atoms with Gasteiger partial charge in [0.05, 0.1) is 18.7 Å². The van der Waals surface area contributed by atoms with Crippen molar-refractivity contribution in [2.45, 2.75) is 36.2 Å². The highest BCUT2D eigenvalue weighted by Gasteiger charge is 2.33. The second-order valence-electron chi connectivity index (χ2n) is 9.05. The Balaban J connectivity index is 1.41. The Morgan fingerprint density at radius 3 is 2.56 bits per heavy atom. The van der Waals surface area contributed by atoms with Crippen molar-refractivity contribution in [1.29, 1.82) is 0 Å². The number of hydrogen-bond acceptors (Lipinski definition) is 6. The lowest BCUT2D eigenvalue weighted by Gasteiger charge is -2.35. The summed E-state index contributed by atoms with van der Waals surface area (Å²) in [6, 6.07) is 3.97. The van der Waals surface area contributed by atoms with E-state index in [4.69, 9.17) is 32.7 Å². The maximum absolute atomic E-state index is 12.9. The Morgan fingerprint density at radius 2 is 1.88 bits per heavy atom. The number of piperidine rings is 1. The van der Waals surface area contributed by atoms with Crippen LogP contribution in [0.15, 0.2) is 17.0 Å². The van der Waals surface area contributed by atoms with Gasteiger partial charge in [-0.1, -0.05) is 23.2 Å². The van der Waals surface area contributed by atoms with Crippen LogP contribution in [0.3, 0.4) is 0 Å². The SMILES string of the molecule is COc1cc(Cl)cc(Cl)c1S(=O)N(C)CCOCC(=O)N(C)[C@@H]1CCN(C2CCN(C)CC2)C1. The highest BCUT2D eigenvalue weighted by molar-refractivity contribution is 7.82. The first-order chi connectivity index (χ1) is 16.2. The zero-order valence-corrected chi connectivity index (χ0v) is 22.8. The molecular formula is C23H36Cl2N4O4S. The van der Waals surface area contributed by atoms with E-state index in [1.807, 2.05) is 11.9 Å². The summed E-state index contributed by atoms with van der Waals surface area (Å²) in [7, 11) is 5.66. The Kier molecular flexibility index (Phi) is 10.4. The molecular weight excluding hydrogens is 499 g/mol. The van der Waals surface area contributed by atoms with Gasteiger partial charge >= 0.3 is 0 Å². The van der Waals surface area contributed by atoms with Crippen molar-refractivity contribution in [3.63, 3.8) is 0 Å². The molecule has 0 N–H and O–H groups in total. The predicted molar refractivity (Wildman–Crippen MR) is 136 cm³/mol. The van der Waals surface area contributed by atoms with Crippen LogP contribution < -0.4 is 4.74 Å². The number of likely N-dealkylation sites (tertiary alicyclic amines) is 2. The maximum atomic E-state index is 12.9. The fraction of sp³-hybridized carbons (Fsp3) is 0.696. The van der Waals surface area contributed by atoms with Crippen LogP contribution in [0.2, 0.25) is 10.0 Å². The summed E-state index contributed by atoms with van der Waals surface area (Å²) in [6.45, 7) is 4.90. The van der Waals surface area contributed by atoms with Crippen molar-refractivity contribution in [2.24, 2.45) is 0 Å². The van der Waals surface area contributed by atoms with E-state index in [1.165, 1.54) is 26.0 Å². The summed E-state index contributed by atoms with van der Waals surface area (Å²) in [5, 5.41) is 0.686. The van der Waals surface area contributed by atoms with Crippen LogP contribution in [0.1, 0.15) is 19.3 Å². The number of amides is 1. The number of methoxy groups -OCH3 is 1. The van der Waals surface area contributed by atoms with Crippen LogP contribution in [-0.4, -0.2) is 115 Å². The van der Waals surface area contributed by atoms with E-state index in [9.17, 15) is 9.00 Å². The second-order valence-corrected chi connectivity index (χ2v) is 11.4. The normalized spacial score (nSPS) is 21.2. The lowest BCUT2D eigenvalue weighted by molar-refractivity contribution is -0.136. The predicted octanol–water partition coefficient (Wildman–Crippen LogP) is 2.60. The number of ether oxygens (including phenoxy) is 2. The molecule has 2 fully saturated rings.